The Morgan fingerprint density at radius 3 is 2.67 bits per heavy atom. The van der Waals surface area contributed by atoms with Crippen molar-refractivity contribution in [3.8, 4) is 0 Å². The molecule has 2 saturated heterocycles. The summed E-state index contributed by atoms with van der Waals surface area (Å²) in [4.78, 5) is 5.14. The van der Waals surface area contributed by atoms with Crippen molar-refractivity contribution in [2.45, 2.75) is 57.5 Å². The van der Waals surface area contributed by atoms with Crippen LogP contribution in [0, 0.1) is 0 Å². The van der Waals surface area contributed by atoms with E-state index in [0.717, 1.165) is 12.1 Å². The number of likely N-dealkylation sites (N-methyl/N-ethyl adjacent to an activating group) is 1. The number of hydrogen-bond acceptors (Lipinski definition) is 3. The van der Waals surface area contributed by atoms with Gasteiger partial charge in [-0.25, -0.2) is 0 Å². The van der Waals surface area contributed by atoms with Gasteiger partial charge in [0.2, 0.25) is 0 Å². The average molecular weight is 253 g/mol. The summed E-state index contributed by atoms with van der Waals surface area (Å²) in [5.74, 6) is 0. The normalized spacial score (nSPS) is 32.3. The zero-order chi connectivity index (χ0) is 12.8. The third-order valence-electron chi connectivity index (χ3n) is 4.83. The molecule has 1 N–H and O–H groups in total. The zero-order valence-corrected chi connectivity index (χ0v) is 12.3. The molecule has 2 heterocycles. The molecule has 0 aromatic heterocycles. The fourth-order valence-corrected chi connectivity index (χ4v) is 3.38. The Hall–Kier alpha value is -0.120. The molecule has 2 fully saturated rings. The summed E-state index contributed by atoms with van der Waals surface area (Å²) in [5.41, 5.74) is 0. The highest BCUT2D eigenvalue weighted by molar-refractivity contribution is 4.80. The molecule has 2 unspecified atom stereocenters. The van der Waals surface area contributed by atoms with E-state index in [-0.39, 0.29) is 0 Å². The van der Waals surface area contributed by atoms with E-state index in [4.69, 9.17) is 0 Å². The van der Waals surface area contributed by atoms with E-state index in [1.807, 2.05) is 0 Å². The molecule has 0 radical (unpaired) electrons. The summed E-state index contributed by atoms with van der Waals surface area (Å²) in [5, 5.41) is 3.84. The molecule has 0 aliphatic carbocycles. The molecule has 2 rings (SSSR count). The summed E-state index contributed by atoms with van der Waals surface area (Å²) in [6.45, 7) is 8.59. The first-order chi connectivity index (χ1) is 8.79. The second-order valence-electron chi connectivity index (χ2n) is 6.10. The first-order valence-corrected chi connectivity index (χ1v) is 7.95. The van der Waals surface area contributed by atoms with E-state index in [1.54, 1.807) is 0 Å². The minimum absolute atomic E-state index is 0.761. The van der Waals surface area contributed by atoms with Crippen LogP contribution in [0.15, 0.2) is 0 Å². The first kappa shape index (κ1) is 14.3. The number of rotatable bonds is 4. The molecule has 0 spiro atoms. The Labute approximate surface area is 113 Å². The van der Waals surface area contributed by atoms with Crippen molar-refractivity contribution in [3.63, 3.8) is 0 Å². The average Bonchev–Trinajstić information content (AvgIpc) is 2.63. The topological polar surface area (TPSA) is 18.5 Å². The van der Waals surface area contributed by atoms with E-state index in [1.165, 1.54) is 71.2 Å². The van der Waals surface area contributed by atoms with Crippen LogP contribution in [0.1, 0.15) is 45.4 Å². The lowest BCUT2D eigenvalue weighted by atomic mass is 10.0. The van der Waals surface area contributed by atoms with Crippen molar-refractivity contribution in [2.75, 3.05) is 39.8 Å². The largest absolute Gasteiger partial charge is 0.312 e. The molecule has 2 aliphatic heterocycles. The Kier molecular flexibility index (Phi) is 5.93. The van der Waals surface area contributed by atoms with Gasteiger partial charge in [0, 0.05) is 18.6 Å². The fourth-order valence-electron chi connectivity index (χ4n) is 3.38. The molecule has 0 saturated carbocycles. The van der Waals surface area contributed by atoms with Gasteiger partial charge in [-0.1, -0.05) is 13.3 Å². The van der Waals surface area contributed by atoms with Crippen LogP contribution >= 0.6 is 0 Å². The Balaban J connectivity index is 1.69. The van der Waals surface area contributed by atoms with Crippen LogP contribution < -0.4 is 5.32 Å². The lowest BCUT2D eigenvalue weighted by Gasteiger charge is -2.33. The molecule has 2 aliphatic rings. The monoisotopic (exact) mass is 253 g/mol. The standard InChI is InChI=1S/C15H31N3/c1-3-18-11-6-7-14(9-12-18)16-13-15-8-4-5-10-17(15)2/h14-16H,3-13H2,1-2H3. The molecular formula is C15H31N3. The smallest absolute Gasteiger partial charge is 0.0217 e. The zero-order valence-electron chi connectivity index (χ0n) is 12.3. The van der Waals surface area contributed by atoms with Crippen LogP contribution in [0.25, 0.3) is 0 Å². The molecule has 106 valence electrons. The van der Waals surface area contributed by atoms with Crippen molar-refractivity contribution >= 4 is 0 Å². The van der Waals surface area contributed by atoms with Gasteiger partial charge in [0.05, 0.1) is 0 Å². The van der Waals surface area contributed by atoms with Crippen LogP contribution in [0.5, 0.6) is 0 Å². The maximum Gasteiger partial charge on any atom is 0.0217 e. The highest BCUT2D eigenvalue weighted by Gasteiger charge is 2.21. The van der Waals surface area contributed by atoms with Gasteiger partial charge in [-0.2, -0.15) is 0 Å². The molecule has 3 heteroatoms. The van der Waals surface area contributed by atoms with Crippen LogP contribution in [0.4, 0.5) is 0 Å². The van der Waals surface area contributed by atoms with Gasteiger partial charge in [0.1, 0.15) is 0 Å². The Morgan fingerprint density at radius 1 is 1.00 bits per heavy atom. The number of nitrogens with zero attached hydrogens (tertiary/aromatic N) is 2. The second kappa shape index (κ2) is 7.46. The highest BCUT2D eigenvalue weighted by atomic mass is 15.2. The number of hydrogen-bond donors (Lipinski definition) is 1. The third kappa shape index (κ3) is 4.22. The maximum absolute atomic E-state index is 3.84. The summed E-state index contributed by atoms with van der Waals surface area (Å²) >= 11 is 0. The first-order valence-electron chi connectivity index (χ1n) is 7.95. The number of likely N-dealkylation sites (tertiary alicyclic amines) is 2. The highest BCUT2D eigenvalue weighted by Crippen LogP contribution is 2.16. The van der Waals surface area contributed by atoms with Crippen LogP contribution in [0.2, 0.25) is 0 Å². The van der Waals surface area contributed by atoms with Crippen molar-refractivity contribution in [3.05, 3.63) is 0 Å². The number of piperidine rings is 1. The summed E-state index contributed by atoms with van der Waals surface area (Å²) < 4.78 is 0. The van der Waals surface area contributed by atoms with Gasteiger partial charge in [0.15, 0.2) is 0 Å². The minimum Gasteiger partial charge on any atom is -0.312 e. The van der Waals surface area contributed by atoms with Gasteiger partial charge < -0.3 is 15.1 Å². The Morgan fingerprint density at radius 2 is 1.89 bits per heavy atom. The van der Waals surface area contributed by atoms with Gasteiger partial charge in [-0.15, -0.1) is 0 Å². The summed E-state index contributed by atoms with van der Waals surface area (Å²) in [6, 6.07) is 1.54. The fraction of sp³-hybridized carbons (Fsp3) is 1.00. The van der Waals surface area contributed by atoms with E-state index < -0.39 is 0 Å². The van der Waals surface area contributed by atoms with Crippen molar-refractivity contribution < 1.29 is 0 Å². The Bertz CT molecular complexity index is 232. The van der Waals surface area contributed by atoms with Crippen LogP contribution in [-0.4, -0.2) is 61.7 Å². The van der Waals surface area contributed by atoms with E-state index >= 15 is 0 Å². The summed E-state index contributed by atoms with van der Waals surface area (Å²) in [6.07, 6.45) is 8.27. The maximum atomic E-state index is 3.84. The molecule has 3 nitrogen and oxygen atoms in total. The SMILES string of the molecule is CCN1CCCC(NCC2CCCCN2C)CC1. The van der Waals surface area contributed by atoms with E-state index in [9.17, 15) is 0 Å². The van der Waals surface area contributed by atoms with Crippen molar-refractivity contribution in [2.24, 2.45) is 0 Å². The van der Waals surface area contributed by atoms with E-state index in [0.29, 0.717) is 0 Å². The lowest BCUT2D eigenvalue weighted by Crippen LogP contribution is -2.45. The molecule has 0 amide bonds. The van der Waals surface area contributed by atoms with Gasteiger partial charge >= 0.3 is 0 Å². The molecular weight excluding hydrogens is 222 g/mol. The lowest BCUT2D eigenvalue weighted by molar-refractivity contribution is 0.176. The van der Waals surface area contributed by atoms with Crippen molar-refractivity contribution in [1.29, 1.82) is 0 Å². The predicted octanol–water partition coefficient (Wildman–Crippen LogP) is 1.93. The molecule has 2 atom stereocenters. The van der Waals surface area contributed by atoms with Crippen LogP contribution in [0.3, 0.4) is 0 Å². The molecule has 0 aromatic rings. The van der Waals surface area contributed by atoms with E-state index in [2.05, 4.69) is 29.1 Å². The van der Waals surface area contributed by atoms with Gasteiger partial charge in [-0.05, 0) is 65.3 Å². The minimum atomic E-state index is 0.761. The summed E-state index contributed by atoms with van der Waals surface area (Å²) in [7, 11) is 2.29. The van der Waals surface area contributed by atoms with Gasteiger partial charge in [0.25, 0.3) is 0 Å². The van der Waals surface area contributed by atoms with Crippen molar-refractivity contribution in [1.82, 2.24) is 15.1 Å². The molecule has 0 bridgehead atoms. The second-order valence-corrected chi connectivity index (χ2v) is 6.10. The van der Waals surface area contributed by atoms with Gasteiger partial charge in [-0.3, -0.25) is 0 Å². The van der Waals surface area contributed by atoms with Crippen LogP contribution in [-0.2, 0) is 0 Å². The third-order valence-corrected chi connectivity index (χ3v) is 4.83. The molecule has 18 heavy (non-hydrogen) atoms. The quantitative estimate of drug-likeness (QED) is 0.826. The number of nitrogens with one attached hydrogen (secondary N) is 1. The molecule has 0 aromatic carbocycles. The predicted molar refractivity (Wildman–Crippen MR) is 78.0 cm³/mol.